The number of nitrogens with one attached hydrogen (secondary N) is 3. The molecule has 1 unspecified atom stereocenters. The van der Waals surface area contributed by atoms with Crippen LogP contribution in [0.25, 0.3) is 0 Å². The lowest BCUT2D eigenvalue weighted by molar-refractivity contribution is -0.115. The number of anilines is 1. The number of nitrogens with zero attached hydrogens (tertiary/aromatic N) is 1. The van der Waals surface area contributed by atoms with Crippen LogP contribution in [-0.4, -0.2) is 24.2 Å². The minimum absolute atomic E-state index is 0.0223. The molecule has 3 N–H and O–H groups in total. The highest BCUT2D eigenvalue weighted by Gasteiger charge is 2.28. The molecule has 0 radical (unpaired) electrons. The van der Waals surface area contributed by atoms with Gasteiger partial charge in [-0.3, -0.25) is 9.59 Å². The minimum Gasteiger partial charge on any atom is -0.345 e. The van der Waals surface area contributed by atoms with Crippen LogP contribution in [-0.2, 0) is 9.59 Å². The van der Waals surface area contributed by atoms with Crippen molar-refractivity contribution in [3.63, 3.8) is 0 Å². The Bertz CT molecular complexity index is 937. The van der Waals surface area contributed by atoms with Gasteiger partial charge in [-0.05, 0) is 43.7 Å². The van der Waals surface area contributed by atoms with Crippen molar-refractivity contribution in [1.29, 1.82) is 0 Å². The van der Waals surface area contributed by atoms with Crippen LogP contribution in [0.5, 0.6) is 0 Å². The third kappa shape index (κ3) is 4.78. The predicted octanol–water partition coefficient (Wildman–Crippen LogP) is 3.43. The molecular formula is C21H21ClN4O2. The van der Waals surface area contributed by atoms with E-state index in [1.54, 1.807) is 31.2 Å². The number of benzene rings is 2. The molecule has 6 nitrogen and oxygen atoms in total. The van der Waals surface area contributed by atoms with Crippen LogP contribution in [0.4, 0.5) is 5.69 Å². The van der Waals surface area contributed by atoms with Crippen LogP contribution in [0.2, 0.25) is 5.02 Å². The summed E-state index contributed by atoms with van der Waals surface area (Å²) in [5.74, 6) is 0.169. The number of ketones is 1. The van der Waals surface area contributed by atoms with Crippen molar-refractivity contribution in [2.45, 2.75) is 19.9 Å². The van der Waals surface area contributed by atoms with E-state index in [4.69, 9.17) is 11.6 Å². The zero-order valence-electron chi connectivity index (χ0n) is 15.6. The van der Waals surface area contributed by atoms with E-state index in [9.17, 15) is 9.59 Å². The molecule has 2 aromatic rings. The van der Waals surface area contributed by atoms with Crippen molar-refractivity contribution in [3.05, 3.63) is 76.5 Å². The fraction of sp³-hybridized carbons (Fsp3) is 0.190. The van der Waals surface area contributed by atoms with Crippen molar-refractivity contribution in [3.8, 4) is 0 Å². The number of allylic oxidation sites excluding steroid dienone is 1. The molecule has 1 aliphatic heterocycles. The van der Waals surface area contributed by atoms with Crippen molar-refractivity contribution < 1.29 is 9.59 Å². The highest BCUT2D eigenvalue weighted by Crippen LogP contribution is 2.26. The number of hydrogen-bond acceptors (Lipinski definition) is 3. The smallest absolute Gasteiger partial charge is 0.246 e. The Morgan fingerprint density at radius 3 is 2.43 bits per heavy atom. The Kier molecular flexibility index (Phi) is 6.11. The fourth-order valence-corrected chi connectivity index (χ4v) is 3.16. The van der Waals surface area contributed by atoms with Gasteiger partial charge in [-0.1, -0.05) is 41.9 Å². The number of Topliss-reactive ketones (excluding diaryl/α,β-unsaturated/α-hetero) is 1. The third-order valence-electron chi connectivity index (χ3n) is 4.30. The van der Waals surface area contributed by atoms with E-state index in [-0.39, 0.29) is 24.3 Å². The van der Waals surface area contributed by atoms with Gasteiger partial charge in [0.15, 0.2) is 11.7 Å². The summed E-state index contributed by atoms with van der Waals surface area (Å²) in [5, 5.41) is 9.66. The summed E-state index contributed by atoms with van der Waals surface area (Å²) in [5.41, 5.74) is 2.97. The van der Waals surface area contributed by atoms with E-state index in [1.807, 2.05) is 37.3 Å². The molecule has 2 aromatic carbocycles. The Balaban J connectivity index is 1.74. The van der Waals surface area contributed by atoms with Crippen LogP contribution in [0.1, 0.15) is 25.5 Å². The molecule has 1 heterocycles. The van der Waals surface area contributed by atoms with Gasteiger partial charge in [0.25, 0.3) is 0 Å². The maximum absolute atomic E-state index is 12.2. The number of hydrogen-bond donors (Lipinski definition) is 3. The lowest BCUT2D eigenvalue weighted by Gasteiger charge is -2.30. The van der Waals surface area contributed by atoms with E-state index in [2.05, 4.69) is 20.9 Å². The number of carbonyl (C=O) groups is 2. The number of guanidine groups is 1. The van der Waals surface area contributed by atoms with Crippen molar-refractivity contribution in [2.24, 2.45) is 4.99 Å². The minimum atomic E-state index is -0.321. The standard InChI is InChI=1S/C21H21ClN4O2/c1-13-19(14(2)27)20(15-6-4-3-5-7-15)26-21(24-13)23-12-18(28)25-17-10-8-16(22)9-11-17/h3-11,20H,12H2,1-2H3,(H,25,28)(H2,23,24,26). The van der Waals surface area contributed by atoms with E-state index in [0.717, 1.165) is 11.3 Å². The molecule has 0 bridgehead atoms. The molecule has 0 spiro atoms. The highest BCUT2D eigenvalue weighted by molar-refractivity contribution is 6.30. The SMILES string of the molecule is CC(=O)C1=C(C)NC(=NCC(=O)Nc2ccc(Cl)cc2)NC1c1ccccc1. The second-order valence-corrected chi connectivity index (χ2v) is 6.86. The summed E-state index contributed by atoms with van der Waals surface area (Å²) in [6.07, 6.45) is 0. The maximum Gasteiger partial charge on any atom is 0.246 e. The monoisotopic (exact) mass is 396 g/mol. The first-order chi connectivity index (χ1) is 13.4. The van der Waals surface area contributed by atoms with Crippen LogP contribution in [0.15, 0.2) is 70.9 Å². The second kappa shape index (κ2) is 8.71. The van der Waals surface area contributed by atoms with Gasteiger partial charge in [-0.2, -0.15) is 0 Å². The molecule has 0 saturated carbocycles. The van der Waals surface area contributed by atoms with Gasteiger partial charge in [-0.15, -0.1) is 0 Å². The Morgan fingerprint density at radius 2 is 1.79 bits per heavy atom. The molecule has 0 fully saturated rings. The van der Waals surface area contributed by atoms with Gasteiger partial charge in [0.05, 0.1) is 6.04 Å². The predicted molar refractivity (Wildman–Crippen MR) is 111 cm³/mol. The maximum atomic E-state index is 12.2. The molecule has 1 aliphatic rings. The number of halogens is 1. The average molecular weight is 397 g/mol. The van der Waals surface area contributed by atoms with Crippen LogP contribution < -0.4 is 16.0 Å². The Morgan fingerprint density at radius 1 is 1.11 bits per heavy atom. The Labute approximate surface area is 168 Å². The first kappa shape index (κ1) is 19.6. The van der Waals surface area contributed by atoms with E-state index in [1.165, 1.54) is 0 Å². The quantitative estimate of drug-likeness (QED) is 0.723. The van der Waals surface area contributed by atoms with Crippen LogP contribution in [0.3, 0.4) is 0 Å². The zero-order chi connectivity index (χ0) is 20.1. The number of aliphatic imine (C=N–C) groups is 1. The highest BCUT2D eigenvalue weighted by atomic mass is 35.5. The average Bonchev–Trinajstić information content (AvgIpc) is 2.68. The molecule has 1 atom stereocenters. The molecule has 3 rings (SSSR count). The van der Waals surface area contributed by atoms with Gasteiger partial charge >= 0.3 is 0 Å². The van der Waals surface area contributed by atoms with Crippen LogP contribution in [0, 0.1) is 0 Å². The van der Waals surface area contributed by atoms with Crippen molar-refractivity contribution in [2.75, 3.05) is 11.9 Å². The first-order valence-corrected chi connectivity index (χ1v) is 9.22. The summed E-state index contributed by atoms with van der Waals surface area (Å²) >= 11 is 5.84. The van der Waals surface area contributed by atoms with Gasteiger partial charge in [0, 0.05) is 22.0 Å². The van der Waals surface area contributed by atoms with E-state index < -0.39 is 0 Å². The summed E-state index contributed by atoms with van der Waals surface area (Å²) in [4.78, 5) is 28.6. The molecule has 7 heteroatoms. The van der Waals surface area contributed by atoms with Gasteiger partial charge < -0.3 is 16.0 Å². The Hall–Kier alpha value is -3.12. The molecular weight excluding hydrogens is 376 g/mol. The summed E-state index contributed by atoms with van der Waals surface area (Å²) < 4.78 is 0. The number of rotatable bonds is 5. The van der Waals surface area contributed by atoms with Crippen LogP contribution >= 0.6 is 11.6 Å². The molecule has 28 heavy (non-hydrogen) atoms. The molecule has 1 amide bonds. The summed E-state index contributed by atoms with van der Waals surface area (Å²) in [7, 11) is 0. The van der Waals surface area contributed by atoms with E-state index >= 15 is 0 Å². The number of amides is 1. The van der Waals surface area contributed by atoms with Gasteiger partial charge in [-0.25, -0.2) is 4.99 Å². The van der Waals surface area contributed by atoms with Gasteiger partial charge in [0.2, 0.25) is 5.91 Å². The fourth-order valence-electron chi connectivity index (χ4n) is 3.04. The topological polar surface area (TPSA) is 82.6 Å². The zero-order valence-corrected chi connectivity index (χ0v) is 16.4. The first-order valence-electron chi connectivity index (χ1n) is 8.84. The molecule has 0 aromatic heterocycles. The molecule has 0 saturated heterocycles. The van der Waals surface area contributed by atoms with Crippen molar-refractivity contribution in [1.82, 2.24) is 10.6 Å². The lowest BCUT2D eigenvalue weighted by atomic mass is 9.93. The third-order valence-corrected chi connectivity index (χ3v) is 4.55. The summed E-state index contributed by atoms with van der Waals surface area (Å²) in [6, 6.07) is 16.2. The largest absolute Gasteiger partial charge is 0.345 e. The number of carbonyl (C=O) groups excluding carboxylic acids is 2. The molecule has 144 valence electrons. The van der Waals surface area contributed by atoms with Gasteiger partial charge in [0.1, 0.15) is 6.54 Å². The normalized spacial score (nSPS) is 17.7. The lowest BCUT2D eigenvalue weighted by Crippen LogP contribution is -2.46. The second-order valence-electron chi connectivity index (χ2n) is 6.43. The summed E-state index contributed by atoms with van der Waals surface area (Å²) in [6.45, 7) is 3.30. The molecule has 0 aliphatic carbocycles. The van der Waals surface area contributed by atoms with Crippen molar-refractivity contribution >= 4 is 34.9 Å². The van der Waals surface area contributed by atoms with E-state index in [0.29, 0.717) is 22.2 Å².